The normalized spacial score (nSPS) is 11.1. The SMILES string of the molecule is CC(=O)CCCC(=O)O.CC(=O)CCCCCCCC(=O)O.CC(C)(O)C(=O)O.CC(C)C(O)C(=O)O.CC(C)CC(O)C(=O)O.CC(O)C(=O)O.CC(O)CC(=O)O.CCC(O)(CC)C(=O)O.COCCOCCOCC(=O)O.O=C(O)CCCCCCCCCCCCCO.O=C(O)CCCCCCCCO.O=C(O)CO. The van der Waals surface area contributed by atoms with Gasteiger partial charge in [-0.15, -0.1) is 0 Å². The molecule has 0 aliphatic rings. The number of hydrogen-bond donors (Lipinski definition) is 21. The zero-order chi connectivity index (χ0) is 91.7. The van der Waals surface area contributed by atoms with Crippen LogP contribution in [0.4, 0.5) is 0 Å². The average Bonchev–Trinajstić information content (AvgIpc) is 0.899. The number of carbonyl (C=O) groups excluding carboxylic acids is 2. The van der Waals surface area contributed by atoms with E-state index in [2.05, 4.69) is 0 Å². The van der Waals surface area contributed by atoms with Crippen molar-refractivity contribution in [1.29, 1.82) is 0 Å². The third-order valence-corrected chi connectivity index (χ3v) is 13.6. The summed E-state index contributed by atoms with van der Waals surface area (Å²) in [6.07, 6.45) is 22.3. The Balaban J connectivity index is -0.000000101. The number of carbonyl (C=O) groups is 14. The van der Waals surface area contributed by atoms with Gasteiger partial charge < -0.3 is 131 Å². The maximum Gasteiger partial charge on any atom is 0.335 e. The van der Waals surface area contributed by atoms with Gasteiger partial charge in [0.1, 0.15) is 30.9 Å². The standard InChI is InChI=1S/C14H28O3.C10H18O3.C9H18O3.C7H14O5.C6H12O3.C6H10O3.C6H12O3.C5H10O3.2C4H8O3.C3H6O3.C2H4O3/c15-13-11-9-7-5-3-1-2-4-6-8-10-12-14(16)17;1-9(11)7-5-3-2-4-6-8-10(12)13;10-8-6-4-2-1-3-5-7-9(11)12;1-10-2-3-11-4-5-12-6-7(8)9;1-4(2)3-5(7)6(8)9;1-5(7)3-2-4-6(8)9;1-3-6(9,4-2)5(7)8;1-3(2)4(6)5(7)8;1-4(2,7)3(5)6;1-3(5)2-4(6)7;1-2(4)3(5)6;3-1-2(4)5/h15H,1-13H2,(H,16,17);2-8H2,1H3,(H,12,13);10H,1-8H2,(H,11,12);2-6H2,1H3,(H,8,9);4-5,7H,3H2,1-2H3,(H,8,9);2-4H2,1H3,(H,8,9);9H,3-4H2,1-2H3,(H,7,8);3-4,6H,1-2H3,(H,7,8);7H,1-2H3,(H,5,6);3,5H,2H2,1H3,(H,6,7);2,4H,1H3,(H,5,6);3H,1H2,(H,4,5). The number of aliphatic hydroxyl groups excluding tert-OH is 7. The zero-order valence-electron chi connectivity index (χ0n) is 69.8. The zero-order valence-corrected chi connectivity index (χ0v) is 69.8. The number of Topliss-reactive ketones (excluding diaryl/α,β-unsaturated/α-hetero) is 2. The van der Waals surface area contributed by atoms with Crippen LogP contribution in [0.1, 0.15) is 295 Å². The second-order valence-corrected chi connectivity index (χ2v) is 26.5. The Morgan fingerprint density at radius 3 is 0.807 bits per heavy atom. The average molecular weight is 1670 g/mol. The first-order valence-corrected chi connectivity index (χ1v) is 38.0. The smallest absolute Gasteiger partial charge is 0.335 e. The summed E-state index contributed by atoms with van der Waals surface area (Å²) in [7, 11) is 1.59. The molecule has 0 heterocycles. The van der Waals surface area contributed by atoms with Crippen LogP contribution >= 0.6 is 0 Å². The molecule has 0 saturated carbocycles. The van der Waals surface area contributed by atoms with Gasteiger partial charge in [-0.25, -0.2) is 33.6 Å². The summed E-state index contributed by atoms with van der Waals surface area (Å²) in [5.41, 5.74) is -3.08. The molecule has 0 fully saturated rings. The van der Waals surface area contributed by atoms with Gasteiger partial charge in [-0.1, -0.05) is 144 Å². The van der Waals surface area contributed by atoms with Gasteiger partial charge in [-0.2, -0.15) is 0 Å². The van der Waals surface area contributed by atoms with Crippen LogP contribution in [0.3, 0.4) is 0 Å². The van der Waals surface area contributed by atoms with Crippen molar-refractivity contribution in [3.8, 4) is 0 Å². The second kappa shape index (κ2) is 97.9. The minimum absolute atomic E-state index is 0.0521. The molecule has 4 unspecified atom stereocenters. The van der Waals surface area contributed by atoms with Crippen LogP contribution in [0.2, 0.25) is 0 Å². The second-order valence-electron chi connectivity index (χ2n) is 26.5. The van der Waals surface area contributed by atoms with E-state index < -0.39 is 114 Å². The predicted octanol–water partition coefficient (Wildman–Crippen LogP) is 7.90. The van der Waals surface area contributed by atoms with E-state index in [1.54, 1.807) is 41.7 Å². The summed E-state index contributed by atoms with van der Waals surface area (Å²) < 4.78 is 14.4. The Hall–Kier alpha value is -7.50. The maximum atomic E-state index is 10.5. The van der Waals surface area contributed by atoms with E-state index in [0.29, 0.717) is 71.6 Å². The molecule has 0 aromatic carbocycles. The molecule has 0 aliphatic carbocycles. The number of rotatable bonds is 54. The number of ketones is 2. The molecule has 0 saturated heterocycles. The quantitative estimate of drug-likeness (QED) is 0.0257. The first-order valence-electron chi connectivity index (χ1n) is 38.0. The number of carboxylic acids is 12. The highest BCUT2D eigenvalue weighted by Crippen LogP contribution is 2.15. The highest BCUT2D eigenvalue weighted by Gasteiger charge is 2.31. The van der Waals surface area contributed by atoms with Gasteiger partial charge in [-0.05, 0) is 118 Å². The van der Waals surface area contributed by atoms with E-state index in [1.165, 1.54) is 79.6 Å². The number of hydrogen-bond acceptors (Lipinski definition) is 26. The summed E-state index contributed by atoms with van der Waals surface area (Å²) in [6, 6.07) is 0. The van der Waals surface area contributed by atoms with Crippen molar-refractivity contribution in [3.05, 3.63) is 0 Å². The number of methoxy groups -OCH3 is 1. The number of aliphatic carboxylic acids is 12. The van der Waals surface area contributed by atoms with E-state index >= 15 is 0 Å². The molecule has 0 amide bonds. The molecule has 0 bridgehead atoms. The number of aliphatic hydroxyl groups is 9. The Morgan fingerprint density at radius 2 is 0.640 bits per heavy atom. The third-order valence-electron chi connectivity index (χ3n) is 13.6. The predicted molar refractivity (Wildman–Crippen MR) is 418 cm³/mol. The van der Waals surface area contributed by atoms with Crippen molar-refractivity contribution in [2.45, 2.75) is 331 Å². The molecule has 0 spiro atoms. The molecule has 38 nitrogen and oxygen atoms in total. The van der Waals surface area contributed by atoms with Crippen LogP contribution in [0, 0.1) is 11.8 Å². The van der Waals surface area contributed by atoms with E-state index in [1.807, 2.05) is 13.8 Å². The fraction of sp³-hybridized carbons (Fsp3) is 0.816. The molecular formula is C76H148O38. The third kappa shape index (κ3) is 157. The van der Waals surface area contributed by atoms with Gasteiger partial charge in [0.2, 0.25) is 0 Å². The molecule has 21 N–H and O–H groups in total. The summed E-state index contributed by atoms with van der Waals surface area (Å²) in [6.45, 7) is 19.8. The largest absolute Gasteiger partial charge is 0.481 e. The summed E-state index contributed by atoms with van der Waals surface area (Å²) in [5.74, 6) is -11.5. The lowest BCUT2D eigenvalue weighted by Crippen LogP contribution is -2.36. The van der Waals surface area contributed by atoms with Crippen molar-refractivity contribution < 1.29 is 189 Å². The van der Waals surface area contributed by atoms with Gasteiger partial charge in [-0.3, -0.25) is 24.0 Å². The Bertz CT molecular complexity index is 2270. The Morgan fingerprint density at radius 1 is 0.360 bits per heavy atom. The van der Waals surface area contributed by atoms with Crippen molar-refractivity contribution in [3.63, 3.8) is 0 Å². The van der Waals surface area contributed by atoms with Crippen LogP contribution in [-0.2, 0) is 81.3 Å². The fourth-order valence-corrected chi connectivity index (χ4v) is 6.90. The van der Waals surface area contributed by atoms with Crippen molar-refractivity contribution in [2.24, 2.45) is 11.8 Å². The van der Waals surface area contributed by atoms with E-state index in [4.69, 9.17) is 126 Å². The first kappa shape index (κ1) is 133. The molecular weight excluding hydrogens is 1520 g/mol. The number of unbranched alkanes of at least 4 members (excludes halogenated alkanes) is 19. The highest BCUT2D eigenvalue weighted by molar-refractivity contribution is 5.78. The highest BCUT2D eigenvalue weighted by atomic mass is 16.5. The lowest BCUT2D eigenvalue weighted by Gasteiger charge is -2.18. The van der Waals surface area contributed by atoms with Crippen LogP contribution in [-0.4, -0.2) is 286 Å². The van der Waals surface area contributed by atoms with E-state index in [9.17, 15) is 62.3 Å². The number of ether oxygens (including phenoxy) is 3. The summed E-state index contributed by atoms with van der Waals surface area (Å²) >= 11 is 0. The van der Waals surface area contributed by atoms with Crippen molar-refractivity contribution in [1.82, 2.24) is 0 Å². The van der Waals surface area contributed by atoms with Crippen LogP contribution < -0.4 is 0 Å². The van der Waals surface area contributed by atoms with E-state index in [-0.39, 0.29) is 68.7 Å². The van der Waals surface area contributed by atoms with Crippen LogP contribution in [0.5, 0.6) is 0 Å². The molecule has 38 heteroatoms. The van der Waals surface area contributed by atoms with Crippen molar-refractivity contribution >= 4 is 83.2 Å². The van der Waals surface area contributed by atoms with Crippen molar-refractivity contribution in [2.75, 3.05) is 60.0 Å². The molecule has 680 valence electrons. The van der Waals surface area contributed by atoms with Crippen LogP contribution in [0.25, 0.3) is 0 Å². The van der Waals surface area contributed by atoms with Gasteiger partial charge in [0.15, 0.2) is 23.4 Å². The summed E-state index contributed by atoms with van der Waals surface area (Å²) in [5, 5.41) is 173. The van der Waals surface area contributed by atoms with Gasteiger partial charge in [0, 0.05) is 58.8 Å². The molecule has 4 atom stereocenters. The minimum Gasteiger partial charge on any atom is -0.481 e. The molecule has 0 aliphatic heterocycles. The molecule has 0 rings (SSSR count). The topological polar surface area (TPSA) is 692 Å². The lowest BCUT2D eigenvalue weighted by molar-refractivity contribution is -0.159. The fourth-order valence-electron chi connectivity index (χ4n) is 6.90. The Labute approximate surface area is 671 Å². The van der Waals surface area contributed by atoms with Gasteiger partial charge >= 0.3 is 71.6 Å². The lowest BCUT2D eigenvalue weighted by atomic mass is 9.98. The van der Waals surface area contributed by atoms with Crippen LogP contribution in [0.15, 0.2) is 0 Å². The number of carboxylic acid groups (broad SMARTS) is 12. The molecule has 0 radical (unpaired) electrons. The van der Waals surface area contributed by atoms with E-state index in [0.717, 1.165) is 96.3 Å². The Kier molecular flexibility index (Phi) is 114. The monoisotopic (exact) mass is 1670 g/mol. The molecule has 114 heavy (non-hydrogen) atoms. The van der Waals surface area contributed by atoms with Gasteiger partial charge in [0.25, 0.3) is 0 Å². The minimum atomic E-state index is -1.58. The summed E-state index contributed by atoms with van der Waals surface area (Å²) in [4.78, 5) is 139. The molecule has 0 aromatic rings. The first-order chi connectivity index (χ1) is 52.7. The van der Waals surface area contributed by atoms with Gasteiger partial charge in [0.05, 0.1) is 39.0 Å². The molecule has 0 aromatic heterocycles. The maximum absolute atomic E-state index is 10.5.